The van der Waals surface area contributed by atoms with Gasteiger partial charge in [0.2, 0.25) is 0 Å². The van der Waals surface area contributed by atoms with E-state index in [1.165, 1.54) is 0 Å². The van der Waals surface area contributed by atoms with Gasteiger partial charge in [-0.3, -0.25) is 9.00 Å². The zero-order valence-corrected chi connectivity index (χ0v) is 10.4. The van der Waals surface area contributed by atoms with Crippen LogP contribution in [-0.2, 0) is 15.6 Å². The third-order valence-corrected chi connectivity index (χ3v) is 3.83. The topological polar surface area (TPSA) is 52.6 Å². The van der Waals surface area contributed by atoms with Gasteiger partial charge < -0.3 is 9.47 Å². The van der Waals surface area contributed by atoms with Crippen molar-refractivity contribution in [2.75, 3.05) is 19.0 Å². The van der Waals surface area contributed by atoms with Crippen LogP contribution in [0.4, 0.5) is 0 Å². The highest BCUT2D eigenvalue weighted by Gasteiger charge is 2.15. The molecule has 1 heterocycles. The van der Waals surface area contributed by atoms with Crippen molar-refractivity contribution in [3.05, 3.63) is 18.2 Å². The fraction of sp³-hybridized carbons (Fsp3) is 0.417. The van der Waals surface area contributed by atoms with Crippen LogP contribution in [0.2, 0.25) is 0 Å². The number of hydrogen-bond acceptors (Lipinski definition) is 4. The van der Waals surface area contributed by atoms with Gasteiger partial charge in [-0.25, -0.2) is 0 Å². The molecule has 5 heteroatoms. The third kappa shape index (κ3) is 2.85. The first-order valence-electron chi connectivity index (χ1n) is 5.50. The summed E-state index contributed by atoms with van der Waals surface area (Å²) < 4.78 is 22.7. The van der Waals surface area contributed by atoms with Gasteiger partial charge in [-0.05, 0) is 12.1 Å². The van der Waals surface area contributed by atoms with Crippen molar-refractivity contribution in [2.24, 2.45) is 0 Å². The molecule has 1 aromatic carbocycles. The van der Waals surface area contributed by atoms with E-state index in [0.29, 0.717) is 36.0 Å². The largest absolute Gasteiger partial charge is 0.486 e. The summed E-state index contributed by atoms with van der Waals surface area (Å²) >= 11 is 0. The second kappa shape index (κ2) is 5.31. The molecule has 1 aromatic rings. The number of hydrogen-bond donors (Lipinski definition) is 0. The molecule has 1 aliphatic heterocycles. The maximum absolute atomic E-state index is 11.9. The molecule has 2 rings (SSSR count). The number of rotatable bonds is 4. The molecule has 0 radical (unpaired) electrons. The van der Waals surface area contributed by atoms with Gasteiger partial charge in [0.1, 0.15) is 19.0 Å². The molecule has 17 heavy (non-hydrogen) atoms. The Morgan fingerprint density at radius 2 is 2.00 bits per heavy atom. The quantitative estimate of drug-likeness (QED) is 0.818. The average Bonchev–Trinajstić information content (AvgIpc) is 2.38. The van der Waals surface area contributed by atoms with Crippen molar-refractivity contribution in [1.82, 2.24) is 0 Å². The Hall–Kier alpha value is -1.36. The summed E-state index contributed by atoms with van der Waals surface area (Å²) in [6, 6.07) is 5.14. The van der Waals surface area contributed by atoms with Crippen molar-refractivity contribution in [3.8, 4) is 11.5 Å². The predicted octanol–water partition coefficient (Wildman–Crippen LogP) is 1.54. The van der Waals surface area contributed by atoms with E-state index in [0.717, 1.165) is 0 Å². The van der Waals surface area contributed by atoms with Gasteiger partial charge in [0.25, 0.3) is 0 Å². The van der Waals surface area contributed by atoms with Crippen LogP contribution in [0.3, 0.4) is 0 Å². The summed E-state index contributed by atoms with van der Waals surface area (Å²) in [5.74, 6) is 1.33. The lowest BCUT2D eigenvalue weighted by Crippen LogP contribution is -2.16. The summed E-state index contributed by atoms with van der Waals surface area (Å²) in [6.45, 7) is 2.80. The Kier molecular flexibility index (Phi) is 3.78. The molecule has 0 bridgehead atoms. The Morgan fingerprint density at radius 3 is 2.71 bits per heavy atom. The minimum absolute atomic E-state index is 0.00165. The smallest absolute Gasteiger partial charge is 0.162 e. The zero-order chi connectivity index (χ0) is 12.3. The molecule has 0 fully saturated rings. The number of ketones is 1. The van der Waals surface area contributed by atoms with Crippen molar-refractivity contribution in [3.63, 3.8) is 0 Å². The van der Waals surface area contributed by atoms with E-state index >= 15 is 0 Å². The van der Waals surface area contributed by atoms with Crippen LogP contribution in [0.1, 0.15) is 13.3 Å². The summed E-state index contributed by atoms with van der Waals surface area (Å²) in [5.41, 5.74) is 0. The van der Waals surface area contributed by atoms with Gasteiger partial charge in [-0.2, -0.15) is 0 Å². The van der Waals surface area contributed by atoms with E-state index in [1.807, 2.05) is 0 Å². The lowest BCUT2D eigenvalue weighted by Gasteiger charge is -2.18. The van der Waals surface area contributed by atoms with E-state index in [9.17, 15) is 9.00 Å². The number of fused-ring (bicyclic) bond motifs is 1. The van der Waals surface area contributed by atoms with Gasteiger partial charge in [-0.15, -0.1) is 0 Å². The molecule has 0 N–H and O–H groups in total. The Labute approximate surface area is 102 Å². The lowest BCUT2D eigenvalue weighted by molar-refractivity contribution is -0.116. The molecule has 0 saturated carbocycles. The predicted molar refractivity (Wildman–Crippen MR) is 64.0 cm³/mol. The molecule has 0 spiro atoms. The lowest BCUT2D eigenvalue weighted by atomic mass is 10.3. The van der Waals surface area contributed by atoms with E-state index in [1.54, 1.807) is 25.1 Å². The van der Waals surface area contributed by atoms with Gasteiger partial charge in [-0.1, -0.05) is 6.92 Å². The average molecular weight is 254 g/mol. The second-order valence-corrected chi connectivity index (χ2v) is 5.14. The Balaban J connectivity index is 2.16. The normalized spacial score (nSPS) is 15.4. The van der Waals surface area contributed by atoms with Crippen LogP contribution in [0, 0.1) is 0 Å². The Bertz CT molecular complexity index is 456. The summed E-state index contributed by atoms with van der Waals surface area (Å²) in [7, 11) is -1.30. The molecule has 0 aromatic heterocycles. The molecule has 0 saturated heterocycles. The van der Waals surface area contributed by atoms with Crippen molar-refractivity contribution >= 4 is 16.6 Å². The van der Waals surface area contributed by atoms with Gasteiger partial charge >= 0.3 is 0 Å². The van der Waals surface area contributed by atoms with Crippen LogP contribution in [0.25, 0.3) is 0 Å². The SMILES string of the molecule is CCC(=O)CS(=O)c1ccc2c(c1)OCCO2. The van der Waals surface area contributed by atoms with Crippen LogP contribution >= 0.6 is 0 Å². The fourth-order valence-electron chi connectivity index (χ4n) is 1.50. The van der Waals surface area contributed by atoms with E-state index in [-0.39, 0.29) is 11.5 Å². The number of Topliss-reactive ketones (excluding diaryl/α,β-unsaturated/α-hetero) is 1. The maximum atomic E-state index is 11.9. The molecule has 0 aliphatic carbocycles. The summed E-state index contributed by atoms with van der Waals surface area (Å²) in [5, 5.41) is 0. The van der Waals surface area contributed by atoms with Crippen molar-refractivity contribution < 1.29 is 18.5 Å². The molecule has 1 aliphatic rings. The molecule has 0 amide bonds. The van der Waals surface area contributed by atoms with E-state index < -0.39 is 10.8 Å². The second-order valence-electron chi connectivity index (χ2n) is 3.69. The first kappa shape index (κ1) is 12.1. The fourth-order valence-corrected chi connectivity index (χ4v) is 2.62. The highest BCUT2D eigenvalue weighted by molar-refractivity contribution is 7.85. The Morgan fingerprint density at radius 1 is 1.29 bits per heavy atom. The minimum atomic E-state index is -1.30. The standard InChI is InChI=1S/C12H14O4S/c1-2-9(13)8-17(14)10-3-4-11-12(7-10)16-6-5-15-11/h3-4,7H,2,5-6,8H2,1H3. The van der Waals surface area contributed by atoms with E-state index in [2.05, 4.69) is 0 Å². The molecule has 1 unspecified atom stereocenters. The molecule has 4 nitrogen and oxygen atoms in total. The minimum Gasteiger partial charge on any atom is -0.486 e. The van der Waals surface area contributed by atoms with Crippen LogP contribution in [0.5, 0.6) is 11.5 Å². The first-order chi connectivity index (χ1) is 8.20. The number of benzene rings is 1. The maximum Gasteiger partial charge on any atom is 0.162 e. The van der Waals surface area contributed by atoms with Crippen LogP contribution in [0.15, 0.2) is 23.1 Å². The van der Waals surface area contributed by atoms with Gasteiger partial charge in [0.05, 0.1) is 16.6 Å². The molecule has 1 atom stereocenters. The third-order valence-electron chi connectivity index (χ3n) is 2.46. The zero-order valence-electron chi connectivity index (χ0n) is 9.60. The van der Waals surface area contributed by atoms with Gasteiger partial charge in [0.15, 0.2) is 11.5 Å². The summed E-state index contributed by atoms with van der Waals surface area (Å²) in [6.07, 6.45) is 0.413. The number of carbonyl (C=O) groups is 1. The molecular formula is C12H14O4S. The highest BCUT2D eigenvalue weighted by atomic mass is 32.2. The van der Waals surface area contributed by atoms with Crippen LogP contribution < -0.4 is 9.47 Å². The number of carbonyl (C=O) groups excluding carboxylic acids is 1. The van der Waals surface area contributed by atoms with Crippen molar-refractivity contribution in [2.45, 2.75) is 18.2 Å². The van der Waals surface area contributed by atoms with Crippen LogP contribution in [-0.4, -0.2) is 29.0 Å². The van der Waals surface area contributed by atoms with Crippen molar-refractivity contribution in [1.29, 1.82) is 0 Å². The van der Waals surface area contributed by atoms with E-state index in [4.69, 9.17) is 9.47 Å². The molecular weight excluding hydrogens is 240 g/mol. The highest BCUT2D eigenvalue weighted by Crippen LogP contribution is 2.31. The molecule has 92 valence electrons. The first-order valence-corrected chi connectivity index (χ1v) is 6.82. The number of ether oxygens (including phenoxy) is 2. The van der Waals surface area contributed by atoms with Gasteiger partial charge in [0, 0.05) is 17.4 Å². The monoisotopic (exact) mass is 254 g/mol. The summed E-state index contributed by atoms with van der Waals surface area (Å²) in [4.78, 5) is 11.8.